The molecule has 0 bridgehead atoms. The number of carbonyl (C=O) groups is 1. The standard InChI is InChI=1S/C8H13F3N2O2/c9-8(10,11)7(15)2-4-13(5-7)6(14)1-3-12/h15H,1-5,12H2. The third-order valence-electron chi connectivity index (χ3n) is 2.49. The van der Waals surface area contributed by atoms with Crippen LogP contribution in [-0.2, 0) is 4.79 Å². The van der Waals surface area contributed by atoms with Crippen LogP contribution in [0.2, 0.25) is 0 Å². The van der Waals surface area contributed by atoms with E-state index in [0.717, 1.165) is 4.90 Å². The van der Waals surface area contributed by atoms with Crippen molar-refractivity contribution in [1.29, 1.82) is 0 Å². The molecular weight excluding hydrogens is 213 g/mol. The SMILES string of the molecule is NCCC(=O)N1CCC(O)(C(F)(F)F)C1. The summed E-state index contributed by atoms with van der Waals surface area (Å²) in [5, 5.41) is 9.27. The number of aliphatic hydroxyl groups is 1. The number of rotatable bonds is 2. The highest BCUT2D eigenvalue weighted by molar-refractivity contribution is 5.76. The molecule has 1 rings (SSSR count). The van der Waals surface area contributed by atoms with Crippen molar-refractivity contribution in [2.75, 3.05) is 19.6 Å². The second-order valence-corrected chi connectivity index (χ2v) is 3.63. The molecule has 1 fully saturated rings. The van der Waals surface area contributed by atoms with Crippen LogP contribution in [0.4, 0.5) is 13.2 Å². The Morgan fingerprint density at radius 2 is 2.13 bits per heavy atom. The van der Waals surface area contributed by atoms with Gasteiger partial charge in [-0.3, -0.25) is 4.79 Å². The van der Waals surface area contributed by atoms with Gasteiger partial charge in [0.15, 0.2) is 5.60 Å². The first-order valence-electron chi connectivity index (χ1n) is 4.57. The Morgan fingerprint density at radius 1 is 1.53 bits per heavy atom. The molecule has 3 N–H and O–H groups in total. The maximum Gasteiger partial charge on any atom is 0.419 e. The smallest absolute Gasteiger partial charge is 0.379 e. The van der Waals surface area contributed by atoms with Crippen LogP contribution >= 0.6 is 0 Å². The van der Waals surface area contributed by atoms with Crippen molar-refractivity contribution >= 4 is 5.91 Å². The molecule has 1 amide bonds. The van der Waals surface area contributed by atoms with Gasteiger partial charge in [0.1, 0.15) is 0 Å². The fraction of sp³-hybridized carbons (Fsp3) is 0.875. The third kappa shape index (κ3) is 2.40. The minimum atomic E-state index is -4.69. The van der Waals surface area contributed by atoms with E-state index in [-0.39, 0.29) is 19.5 Å². The second kappa shape index (κ2) is 3.97. The van der Waals surface area contributed by atoms with Crippen LogP contribution in [0.3, 0.4) is 0 Å². The van der Waals surface area contributed by atoms with Gasteiger partial charge in [0, 0.05) is 25.9 Å². The van der Waals surface area contributed by atoms with Gasteiger partial charge in [-0.2, -0.15) is 13.2 Å². The molecule has 15 heavy (non-hydrogen) atoms. The molecule has 0 aliphatic carbocycles. The number of halogens is 3. The zero-order valence-corrected chi connectivity index (χ0v) is 8.05. The first-order valence-corrected chi connectivity index (χ1v) is 4.57. The number of β-amino-alcohol motifs (C(OH)–C–C–N with tert-alkyl or cyclic N) is 1. The lowest BCUT2D eigenvalue weighted by molar-refractivity contribution is -0.253. The monoisotopic (exact) mass is 226 g/mol. The van der Waals surface area contributed by atoms with Gasteiger partial charge in [-0.1, -0.05) is 0 Å². The maximum absolute atomic E-state index is 12.4. The molecule has 1 aliphatic heterocycles. The van der Waals surface area contributed by atoms with Crippen LogP contribution in [0.1, 0.15) is 12.8 Å². The molecule has 0 aromatic carbocycles. The highest BCUT2D eigenvalue weighted by Gasteiger charge is 2.57. The predicted molar refractivity (Wildman–Crippen MR) is 45.9 cm³/mol. The molecule has 4 nitrogen and oxygen atoms in total. The zero-order chi connectivity index (χ0) is 11.7. The first kappa shape index (κ1) is 12.3. The van der Waals surface area contributed by atoms with Gasteiger partial charge in [-0.25, -0.2) is 0 Å². The first-order chi connectivity index (χ1) is 6.80. The van der Waals surface area contributed by atoms with E-state index in [1.165, 1.54) is 0 Å². The lowest BCUT2D eigenvalue weighted by atomic mass is 10.0. The Morgan fingerprint density at radius 3 is 2.53 bits per heavy atom. The molecule has 0 saturated carbocycles. The average molecular weight is 226 g/mol. The molecule has 88 valence electrons. The van der Waals surface area contributed by atoms with Gasteiger partial charge < -0.3 is 15.7 Å². The van der Waals surface area contributed by atoms with Crippen molar-refractivity contribution in [3.05, 3.63) is 0 Å². The molecule has 1 heterocycles. The topological polar surface area (TPSA) is 66.6 Å². The maximum atomic E-state index is 12.4. The molecule has 0 aromatic rings. The molecule has 0 aromatic heterocycles. The second-order valence-electron chi connectivity index (χ2n) is 3.63. The quantitative estimate of drug-likeness (QED) is 0.688. The van der Waals surface area contributed by atoms with E-state index >= 15 is 0 Å². The van der Waals surface area contributed by atoms with Crippen molar-refractivity contribution in [2.24, 2.45) is 5.73 Å². The number of alkyl halides is 3. The number of likely N-dealkylation sites (tertiary alicyclic amines) is 1. The summed E-state index contributed by atoms with van der Waals surface area (Å²) < 4.78 is 37.1. The van der Waals surface area contributed by atoms with Crippen LogP contribution in [0.15, 0.2) is 0 Å². The molecule has 1 saturated heterocycles. The van der Waals surface area contributed by atoms with Crippen LogP contribution < -0.4 is 5.73 Å². The fourth-order valence-electron chi connectivity index (χ4n) is 1.52. The number of nitrogens with zero attached hydrogens (tertiary/aromatic N) is 1. The van der Waals surface area contributed by atoms with Gasteiger partial charge >= 0.3 is 6.18 Å². The zero-order valence-electron chi connectivity index (χ0n) is 8.05. The molecule has 7 heteroatoms. The summed E-state index contributed by atoms with van der Waals surface area (Å²) in [6, 6.07) is 0. The summed E-state index contributed by atoms with van der Waals surface area (Å²) in [7, 11) is 0. The summed E-state index contributed by atoms with van der Waals surface area (Å²) in [4.78, 5) is 12.2. The Bertz CT molecular complexity index is 257. The van der Waals surface area contributed by atoms with Gasteiger partial charge in [-0.15, -0.1) is 0 Å². The predicted octanol–water partition coefficient (Wildman–Crippen LogP) is -0.139. The van der Waals surface area contributed by atoms with Crippen molar-refractivity contribution in [2.45, 2.75) is 24.6 Å². The van der Waals surface area contributed by atoms with Gasteiger partial charge in [0.25, 0.3) is 0 Å². The Hall–Kier alpha value is -0.820. The van der Waals surface area contributed by atoms with E-state index in [1.807, 2.05) is 0 Å². The molecule has 1 unspecified atom stereocenters. The average Bonchev–Trinajstić information content (AvgIpc) is 2.48. The van der Waals surface area contributed by atoms with Crippen molar-refractivity contribution in [3.63, 3.8) is 0 Å². The number of amides is 1. The van der Waals surface area contributed by atoms with E-state index in [2.05, 4.69) is 0 Å². The van der Waals surface area contributed by atoms with E-state index in [4.69, 9.17) is 5.73 Å². The largest absolute Gasteiger partial charge is 0.419 e. The van der Waals surface area contributed by atoms with Crippen LogP contribution in [0.25, 0.3) is 0 Å². The summed E-state index contributed by atoms with van der Waals surface area (Å²) in [5.41, 5.74) is 2.37. The summed E-state index contributed by atoms with van der Waals surface area (Å²) in [5.74, 6) is -0.447. The van der Waals surface area contributed by atoms with Crippen LogP contribution in [-0.4, -0.2) is 47.3 Å². The molecular formula is C8H13F3N2O2. The van der Waals surface area contributed by atoms with E-state index in [1.54, 1.807) is 0 Å². The van der Waals surface area contributed by atoms with E-state index < -0.39 is 30.7 Å². The lowest BCUT2D eigenvalue weighted by Crippen LogP contribution is -2.48. The van der Waals surface area contributed by atoms with Crippen molar-refractivity contribution in [1.82, 2.24) is 4.90 Å². The Labute approximate surface area is 84.8 Å². The van der Waals surface area contributed by atoms with Crippen LogP contribution in [0, 0.1) is 0 Å². The molecule has 1 atom stereocenters. The van der Waals surface area contributed by atoms with Crippen LogP contribution in [0.5, 0.6) is 0 Å². The van der Waals surface area contributed by atoms with E-state index in [9.17, 15) is 23.1 Å². The third-order valence-corrected chi connectivity index (χ3v) is 2.49. The fourth-order valence-corrected chi connectivity index (χ4v) is 1.52. The number of carbonyl (C=O) groups excluding carboxylic acids is 1. The molecule has 0 radical (unpaired) electrons. The Kier molecular flexibility index (Phi) is 3.25. The summed E-state index contributed by atoms with van der Waals surface area (Å²) >= 11 is 0. The molecule has 0 spiro atoms. The Balaban J connectivity index is 2.63. The highest BCUT2D eigenvalue weighted by Crippen LogP contribution is 2.37. The minimum Gasteiger partial charge on any atom is -0.379 e. The van der Waals surface area contributed by atoms with Gasteiger partial charge in [0.2, 0.25) is 5.91 Å². The van der Waals surface area contributed by atoms with Crippen molar-refractivity contribution < 1.29 is 23.1 Å². The molecule has 1 aliphatic rings. The number of hydrogen-bond donors (Lipinski definition) is 2. The van der Waals surface area contributed by atoms with Gasteiger partial charge in [-0.05, 0) is 0 Å². The number of hydrogen-bond acceptors (Lipinski definition) is 3. The van der Waals surface area contributed by atoms with Crippen molar-refractivity contribution in [3.8, 4) is 0 Å². The summed E-state index contributed by atoms with van der Waals surface area (Å²) in [6.45, 7) is -0.663. The number of nitrogens with two attached hydrogens (primary N) is 1. The normalized spacial score (nSPS) is 27.1. The van der Waals surface area contributed by atoms with Gasteiger partial charge in [0.05, 0.1) is 6.54 Å². The minimum absolute atomic E-state index is 0.00787. The highest BCUT2D eigenvalue weighted by atomic mass is 19.4. The lowest BCUT2D eigenvalue weighted by Gasteiger charge is -2.25. The van der Waals surface area contributed by atoms with E-state index in [0.29, 0.717) is 0 Å². The summed E-state index contributed by atoms with van der Waals surface area (Å²) in [6.07, 6.45) is -5.15.